The molecule has 0 radical (unpaired) electrons. The highest BCUT2D eigenvalue weighted by molar-refractivity contribution is 6.21. The standard InChI is InChI=1S/C25H33ClO5/c1-30-23(28)16-31-14-6-5-9-20-21(26)15-22(27)24(20)17-10-12-19(13-11-17)25(29)18-7-3-2-4-8-18/h10-13,18,20-22,24-25,27,29H,2-4,7-9,14-16H2,1H3/t20-,21-,22+,24+,25?/m0/s1. The van der Waals surface area contributed by atoms with E-state index in [0.29, 0.717) is 18.8 Å². The smallest absolute Gasteiger partial charge is 0.331 e. The molecule has 2 fully saturated rings. The maximum absolute atomic E-state index is 11.0. The molecule has 0 heterocycles. The fourth-order valence-corrected chi connectivity index (χ4v) is 5.34. The molecule has 2 aliphatic rings. The second-order valence-corrected chi connectivity index (χ2v) is 9.21. The Kier molecular flexibility index (Phi) is 9.22. The molecule has 0 aromatic heterocycles. The van der Waals surface area contributed by atoms with E-state index in [-0.39, 0.29) is 30.4 Å². The Morgan fingerprint density at radius 1 is 1.19 bits per heavy atom. The first-order chi connectivity index (χ1) is 15.0. The normalized spacial score (nSPS) is 27.4. The fourth-order valence-electron chi connectivity index (χ4n) is 4.91. The highest BCUT2D eigenvalue weighted by Crippen LogP contribution is 2.45. The molecule has 2 saturated carbocycles. The van der Waals surface area contributed by atoms with Crippen molar-refractivity contribution in [1.82, 2.24) is 0 Å². The van der Waals surface area contributed by atoms with Crippen molar-refractivity contribution in [2.24, 2.45) is 11.8 Å². The highest BCUT2D eigenvalue weighted by atomic mass is 35.5. The molecule has 0 amide bonds. The summed E-state index contributed by atoms with van der Waals surface area (Å²) in [5.41, 5.74) is 1.98. The van der Waals surface area contributed by atoms with Crippen LogP contribution in [0.5, 0.6) is 0 Å². The maximum Gasteiger partial charge on any atom is 0.331 e. The monoisotopic (exact) mass is 448 g/mol. The first-order valence-electron chi connectivity index (χ1n) is 11.2. The van der Waals surface area contributed by atoms with Crippen LogP contribution in [0.25, 0.3) is 0 Å². The number of esters is 1. The van der Waals surface area contributed by atoms with E-state index in [0.717, 1.165) is 24.0 Å². The highest BCUT2D eigenvalue weighted by Gasteiger charge is 2.42. The number of aliphatic hydroxyl groups is 2. The molecule has 0 spiro atoms. The van der Waals surface area contributed by atoms with Gasteiger partial charge in [-0.3, -0.25) is 0 Å². The summed E-state index contributed by atoms with van der Waals surface area (Å²) in [4.78, 5) is 11.0. The van der Waals surface area contributed by atoms with Gasteiger partial charge in [-0.2, -0.15) is 0 Å². The number of carbonyl (C=O) groups excluding carboxylic acids is 1. The van der Waals surface area contributed by atoms with Gasteiger partial charge < -0.3 is 19.7 Å². The average molecular weight is 449 g/mol. The van der Waals surface area contributed by atoms with Gasteiger partial charge >= 0.3 is 5.97 Å². The van der Waals surface area contributed by atoms with Crippen LogP contribution < -0.4 is 0 Å². The van der Waals surface area contributed by atoms with E-state index in [1.165, 1.54) is 26.4 Å². The van der Waals surface area contributed by atoms with Gasteiger partial charge in [0.25, 0.3) is 0 Å². The van der Waals surface area contributed by atoms with E-state index in [1.807, 2.05) is 24.3 Å². The van der Waals surface area contributed by atoms with Crippen molar-refractivity contribution in [3.05, 3.63) is 35.4 Å². The number of alkyl halides is 1. The van der Waals surface area contributed by atoms with Crippen molar-refractivity contribution in [2.75, 3.05) is 20.3 Å². The van der Waals surface area contributed by atoms with E-state index >= 15 is 0 Å². The van der Waals surface area contributed by atoms with Gasteiger partial charge in [-0.15, -0.1) is 17.5 Å². The van der Waals surface area contributed by atoms with Gasteiger partial charge in [0.1, 0.15) is 13.2 Å². The SMILES string of the molecule is COC(=O)COCC#CC[C@@H]1[C@@H](c2ccc(C(O)C3CCCCC3)cc2)[C@H](O)C[C@@H]1Cl. The number of ether oxygens (including phenoxy) is 2. The third kappa shape index (κ3) is 6.46. The third-order valence-corrected chi connectivity index (χ3v) is 7.15. The van der Waals surface area contributed by atoms with Crippen LogP contribution in [-0.2, 0) is 14.3 Å². The molecule has 5 nitrogen and oxygen atoms in total. The van der Waals surface area contributed by atoms with Crippen molar-refractivity contribution < 1.29 is 24.5 Å². The zero-order valence-electron chi connectivity index (χ0n) is 18.1. The lowest BCUT2D eigenvalue weighted by Crippen LogP contribution is -2.19. The number of aliphatic hydroxyl groups excluding tert-OH is 2. The van der Waals surface area contributed by atoms with E-state index in [1.54, 1.807) is 0 Å². The lowest BCUT2D eigenvalue weighted by molar-refractivity contribution is -0.145. The van der Waals surface area contributed by atoms with Crippen LogP contribution in [0, 0.1) is 23.7 Å². The second kappa shape index (κ2) is 11.9. The van der Waals surface area contributed by atoms with Crippen LogP contribution >= 0.6 is 11.6 Å². The van der Waals surface area contributed by atoms with Crippen molar-refractivity contribution in [3.8, 4) is 11.8 Å². The number of hydrogen-bond acceptors (Lipinski definition) is 5. The molecule has 2 N–H and O–H groups in total. The number of rotatable bonds is 7. The van der Waals surface area contributed by atoms with Crippen molar-refractivity contribution in [1.29, 1.82) is 0 Å². The molecule has 1 aromatic carbocycles. The lowest BCUT2D eigenvalue weighted by atomic mass is 9.81. The minimum atomic E-state index is -0.515. The molecule has 0 bridgehead atoms. The van der Waals surface area contributed by atoms with Crippen molar-refractivity contribution >= 4 is 17.6 Å². The van der Waals surface area contributed by atoms with Crippen LogP contribution in [0.2, 0.25) is 0 Å². The third-order valence-electron chi connectivity index (χ3n) is 6.65. The molecule has 6 heteroatoms. The van der Waals surface area contributed by atoms with Crippen molar-refractivity contribution in [3.63, 3.8) is 0 Å². The first-order valence-corrected chi connectivity index (χ1v) is 11.6. The van der Waals surface area contributed by atoms with Crippen LogP contribution in [0.15, 0.2) is 24.3 Å². The van der Waals surface area contributed by atoms with Crippen LogP contribution in [0.4, 0.5) is 0 Å². The number of benzene rings is 1. The van der Waals surface area contributed by atoms with Crippen LogP contribution in [0.1, 0.15) is 68.1 Å². The molecule has 0 aliphatic heterocycles. The number of hydrogen-bond donors (Lipinski definition) is 2. The minimum absolute atomic E-state index is 0.0268. The first kappa shape index (κ1) is 24.1. The quantitative estimate of drug-likeness (QED) is 0.286. The average Bonchev–Trinajstić information content (AvgIpc) is 3.08. The molecule has 1 aromatic rings. The minimum Gasteiger partial charge on any atom is -0.467 e. The zero-order valence-corrected chi connectivity index (χ0v) is 18.9. The van der Waals surface area contributed by atoms with Gasteiger partial charge in [0.15, 0.2) is 0 Å². The topological polar surface area (TPSA) is 76.0 Å². The van der Waals surface area contributed by atoms with Gasteiger partial charge in [0, 0.05) is 17.7 Å². The molecular formula is C25H33ClO5. The van der Waals surface area contributed by atoms with E-state index in [4.69, 9.17) is 16.3 Å². The predicted octanol–water partition coefficient (Wildman–Crippen LogP) is 3.96. The summed E-state index contributed by atoms with van der Waals surface area (Å²) in [6.07, 6.45) is 5.97. The second-order valence-electron chi connectivity index (χ2n) is 8.64. The van der Waals surface area contributed by atoms with Gasteiger partial charge in [-0.25, -0.2) is 4.79 Å². The zero-order chi connectivity index (χ0) is 22.2. The number of halogens is 1. The Hall–Kier alpha value is -1.58. The molecule has 3 rings (SSSR count). The molecule has 1 unspecified atom stereocenters. The summed E-state index contributed by atoms with van der Waals surface area (Å²) in [7, 11) is 1.31. The van der Waals surface area contributed by atoms with E-state index in [9.17, 15) is 15.0 Å². The summed E-state index contributed by atoms with van der Waals surface area (Å²) < 4.78 is 9.65. The molecule has 5 atom stereocenters. The van der Waals surface area contributed by atoms with Crippen LogP contribution in [-0.4, -0.2) is 48.0 Å². The summed E-state index contributed by atoms with van der Waals surface area (Å²) in [6, 6.07) is 8.02. The van der Waals surface area contributed by atoms with Crippen LogP contribution in [0.3, 0.4) is 0 Å². The lowest BCUT2D eigenvalue weighted by Gasteiger charge is -2.27. The Labute approximate surface area is 190 Å². The van der Waals surface area contributed by atoms with Gasteiger partial charge in [-0.1, -0.05) is 49.4 Å². The number of methoxy groups -OCH3 is 1. The largest absolute Gasteiger partial charge is 0.467 e. The molecule has 0 saturated heterocycles. The molecular weight excluding hydrogens is 416 g/mol. The fraction of sp³-hybridized carbons (Fsp3) is 0.640. The number of carbonyl (C=O) groups is 1. The van der Waals surface area contributed by atoms with E-state index < -0.39 is 18.2 Å². The summed E-state index contributed by atoms with van der Waals surface area (Å²) in [5, 5.41) is 21.2. The summed E-state index contributed by atoms with van der Waals surface area (Å²) in [6.45, 7) is 0.0306. The van der Waals surface area contributed by atoms with Crippen molar-refractivity contribution in [2.45, 2.75) is 68.4 Å². The van der Waals surface area contributed by atoms with Gasteiger partial charge in [0.05, 0.1) is 19.3 Å². The molecule has 170 valence electrons. The van der Waals surface area contributed by atoms with Gasteiger partial charge in [-0.05, 0) is 42.2 Å². The van der Waals surface area contributed by atoms with Gasteiger partial charge in [0.2, 0.25) is 0 Å². The Balaban J connectivity index is 1.60. The Morgan fingerprint density at radius 3 is 2.58 bits per heavy atom. The summed E-state index contributed by atoms with van der Waals surface area (Å²) >= 11 is 6.54. The molecule has 31 heavy (non-hydrogen) atoms. The molecule has 2 aliphatic carbocycles. The Morgan fingerprint density at radius 2 is 1.90 bits per heavy atom. The van der Waals surface area contributed by atoms with E-state index in [2.05, 4.69) is 16.6 Å². The summed E-state index contributed by atoms with van der Waals surface area (Å²) in [5.74, 6) is 5.83. The predicted molar refractivity (Wildman–Crippen MR) is 120 cm³/mol. The maximum atomic E-state index is 11.0. The Bertz CT molecular complexity index is 762.